The van der Waals surface area contributed by atoms with E-state index in [2.05, 4.69) is 24.1 Å². The molecule has 1 amide bonds. The Morgan fingerprint density at radius 1 is 1.24 bits per heavy atom. The molecule has 9 heteroatoms. The van der Waals surface area contributed by atoms with Crippen molar-refractivity contribution < 1.29 is 28.9 Å². The standard InChI is InChI=1S/C24H32N2O7/c1-15-11-19(28)22(30)23(33-15)17(16-5-6-18(27)20(12-16)31-4)13-21(29)25-14-24(2,3)26-7-9-32-10-8-26/h5-6,11-12,17,27,30H,7-10,13-14H2,1-4H3,(H,25,29). The number of phenols is 1. The van der Waals surface area contributed by atoms with Crippen molar-refractivity contribution in [1.29, 1.82) is 0 Å². The Bertz CT molecular complexity index is 1040. The summed E-state index contributed by atoms with van der Waals surface area (Å²) in [6, 6.07) is 5.80. The third kappa shape index (κ3) is 5.85. The Kier molecular flexibility index (Phi) is 7.65. The normalized spacial score (nSPS) is 15.8. The second-order valence-electron chi connectivity index (χ2n) is 8.81. The number of nitrogens with zero attached hydrogens (tertiary/aromatic N) is 1. The molecule has 1 saturated heterocycles. The number of methoxy groups -OCH3 is 1. The average molecular weight is 461 g/mol. The minimum absolute atomic E-state index is 0.00432. The van der Waals surface area contributed by atoms with Crippen LogP contribution in [0.5, 0.6) is 17.2 Å². The molecule has 0 aliphatic carbocycles. The zero-order chi connectivity index (χ0) is 24.2. The van der Waals surface area contributed by atoms with Crippen LogP contribution in [-0.2, 0) is 9.53 Å². The molecule has 2 heterocycles. The first kappa shape index (κ1) is 24.6. The SMILES string of the molecule is COc1cc(C(CC(=O)NCC(C)(C)N2CCOCC2)c2oc(C)cc(=O)c2O)ccc1O. The summed E-state index contributed by atoms with van der Waals surface area (Å²) in [5.41, 5.74) is -0.302. The van der Waals surface area contributed by atoms with Crippen molar-refractivity contribution in [2.75, 3.05) is 40.0 Å². The highest BCUT2D eigenvalue weighted by molar-refractivity contribution is 5.77. The number of nitrogens with one attached hydrogen (secondary N) is 1. The minimum atomic E-state index is -0.765. The monoisotopic (exact) mass is 460 g/mol. The summed E-state index contributed by atoms with van der Waals surface area (Å²) in [5.74, 6) is -1.12. The molecule has 1 atom stereocenters. The summed E-state index contributed by atoms with van der Waals surface area (Å²) in [7, 11) is 1.42. The summed E-state index contributed by atoms with van der Waals surface area (Å²) < 4.78 is 16.3. The third-order valence-electron chi connectivity index (χ3n) is 5.97. The number of aromatic hydroxyl groups is 2. The van der Waals surface area contributed by atoms with Gasteiger partial charge in [-0.3, -0.25) is 14.5 Å². The summed E-state index contributed by atoms with van der Waals surface area (Å²) in [6.45, 7) is 9.05. The van der Waals surface area contributed by atoms with Gasteiger partial charge in [-0.15, -0.1) is 0 Å². The van der Waals surface area contributed by atoms with Crippen LogP contribution >= 0.6 is 0 Å². The van der Waals surface area contributed by atoms with Gasteiger partial charge < -0.3 is 29.4 Å². The highest BCUT2D eigenvalue weighted by Crippen LogP contribution is 2.37. The lowest BCUT2D eigenvalue weighted by atomic mass is 9.91. The second kappa shape index (κ2) is 10.3. The van der Waals surface area contributed by atoms with E-state index in [1.165, 1.54) is 19.2 Å². The van der Waals surface area contributed by atoms with Crippen LogP contribution in [0.3, 0.4) is 0 Å². The molecule has 1 fully saturated rings. The number of rotatable bonds is 8. The molecular formula is C24H32N2O7. The van der Waals surface area contributed by atoms with Gasteiger partial charge in [-0.2, -0.15) is 0 Å². The number of benzene rings is 1. The fourth-order valence-corrected chi connectivity index (χ4v) is 3.99. The molecule has 1 aromatic heterocycles. The zero-order valence-corrected chi connectivity index (χ0v) is 19.5. The number of carbonyl (C=O) groups excluding carboxylic acids is 1. The minimum Gasteiger partial charge on any atom is -0.504 e. The predicted octanol–water partition coefficient (Wildman–Crippen LogP) is 2.12. The van der Waals surface area contributed by atoms with Crippen molar-refractivity contribution in [2.24, 2.45) is 0 Å². The predicted molar refractivity (Wildman–Crippen MR) is 122 cm³/mol. The third-order valence-corrected chi connectivity index (χ3v) is 5.97. The van der Waals surface area contributed by atoms with Crippen LogP contribution in [0, 0.1) is 6.92 Å². The van der Waals surface area contributed by atoms with Crippen molar-refractivity contribution in [3.05, 3.63) is 51.6 Å². The van der Waals surface area contributed by atoms with Crippen molar-refractivity contribution in [1.82, 2.24) is 10.2 Å². The van der Waals surface area contributed by atoms with Crippen LogP contribution in [0.1, 0.15) is 43.3 Å². The number of aryl methyl sites for hydroxylation is 1. The van der Waals surface area contributed by atoms with E-state index in [9.17, 15) is 19.8 Å². The zero-order valence-electron chi connectivity index (χ0n) is 19.5. The van der Waals surface area contributed by atoms with E-state index in [0.29, 0.717) is 31.1 Å². The van der Waals surface area contributed by atoms with Crippen LogP contribution in [-0.4, -0.2) is 66.5 Å². The molecule has 3 rings (SSSR count). The Balaban J connectivity index is 1.86. The van der Waals surface area contributed by atoms with Gasteiger partial charge in [0.05, 0.1) is 26.2 Å². The molecule has 0 spiro atoms. The number of phenolic OH excluding ortho intramolecular Hbond substituents is 1. The van der Waals surface area contributed by atoms with E-state index in [-0.39, 0.29) is 35.1 Å². The largest absolute Gasteiger partial charge is 0.504 e. The molecule has 1 aliphatic rings. The van der Waals surface area contributed by atoms with Gasteiger partial charge in [-0.1, -0.05) is 6.07 Å². The van der Waals surface area contributed by atoms with Crippen molar-refractivity contribution in [3.8, 4) is 17.2 Å². The van der Waals surface area contributed by atoms with Gasteiger partial charge in [-0.05, 0) is 38.5 Å². The van der Waals surface area contributed by atoms with E-state index in [1.54, 1.807) is 19.1 Å². The summed E-state index contributed by atoms with van der Waals surface area (Å²) in [5, 5.41) is 23.4. The summed E-state index contributed by atoms with van der Waals surface area (Å²) in [6.07, 6.45) is -0.0763. The van der Waals surface area contributed by atoms with Crippen LogP contribution in [0.2, 0.25) is 0 Å². The first-order chi connectivity index (χ1) is 15.6. The summed E-state index contributed by atoms with van der Waals surface area (Å²) >= 11 is 0. The first-order valence-electron chi connectivity index (χ1n) is 10.9. The molecule has 1 aliphatic heterocycles. The maximum atomic E-state index is 13.0. The van der Waals surface area contributed by atoms with Gasteiger partial charge in [0, 0.05) is 37.7 Å². The first-order valence-corrected chi connectivity index (χ1v) is 10.9. The molecular weight excluding hydrogens is 428 g/mol. The maximum absolute atomic E-state index is 13.0. The van der Waals surface area contributed by atoms with Gasteiger partial charge in [0.1, 0.15) is 5.76 Å². The van der Waals surface area contributed by atoms with E-state index in [0.717, 1.165) is 13.1 Å². The molecule has 1 unspecified atom stereocenters. The highest BCUT2D eigenvalue weighted by atomic mass is 16.5. The van der Waals surface area contributed by atoms with Gasteiger partial charge >= 0.3 is 0 Å². The molecule has 9 nitrogen and oxygen atoms in total. The lowest BCUT2D eigenvalue weighted by molar-refractivity contribution is -0.122. The van der Waals surface area contributed by atoms with Gasteiger partial charge in [0.2, 0.25) is 17.1 Å². The Morgan fingerprint density at radius 2 is 1.94 bits per heavy atom. The average Bonchev–Trinajstić information content (AvgIpc) is 2.80. The van der Waals surface area contributed by atoms with Gasteiger partial charge in [0.15, 0.2) is 17.3 Å². The number of hydrogen-bond acceptors (Lipinski definition) is 8. The van der Waals surface area contributed by atoms with Crippen LogP contribution in [0.25, 0.3) is 0 Å². The number of carbonyl (C=O) groups is 1. The molecule has 0 radical (unpaired) electrons. The van der Waals surface area contributed by atoms with Crippen LogP contribution in [0.15, 0.2) is 33.5 Å². The van der Waals surface area contributed by atoms with Crippen molar-refractivity contribution in [3.63, 3.8) is 0 Å². The van der Waals surface area contributed by atoms with Crippen molar-refractivity contribution in [2.45, 2.75) is 38.6 Å². The van der Waals surface area contributed by atoms with E-state index >= 15 is 0 Å². The smallest absolute Gasteiger partial charge is 0.227 e. The number of amides is 1. The molecule has 33 heavy (non-hydrogen) atoms. The topological polar surface area (TPSA) is 121 Å². The molecule has 3 N–H and O–H groups in total. The fourth-order valence-electron chi connectivity index (χ4n) is 3.99. The molecule has 0 saturated carbocycles. The highest BCUT2D eigenvalue weighted by Gasteiger charge is 2.30. The Hall–Kier alpha value is -3.04. The van der Waals surface area contributed by atoms with Gasteiger partial charge in [0.25, 0.3) is 0 Å². The lowest BCUT2D eigenvalue weighted by Gasteiger charge is -2.40. The molecule has 2 aromatic rings. The second-order valence-corrected chi connectivity index (χ2v) is 8.81. The van der Waals surface area contributed by atoms with E-state index in [1.807, 2.05) is 0 Å². The maximum Gasteiger partial charge on any atom is 0.227 e. The van der Waals surface area contributed by atoms with Crippen LogP contribution in [0.4, 0.5) is 0 Å². The Morgan fingerprint density at radius 3 is 2.61 bits per heavy atom. The summed E-state index contributed by atoms with van der Waals surface area (Å²) in [4.78, 5) is 27.5. The number of hydrogen-bond donors (Lipinski definition) is 3. The molecule has 1 aromatic carbocycles. The number of ether oxygens (including phenoxy) is 2. The van der Waals surface area contributed by atoms with Gasteiger partial charge in [-0.25, -0.2) is 0 Å². The van der Waals surface area contributed by atoms with Crippen molar-refractivity contribution >= 4 is 5.91 Å². The fraction of sp³-hybridized carbons (Fsp3) is 0.500. The quantitative estimate of drug-likeness (QED) is 0.548. The van der Waals surface area contributed by atoms with E-state index < -0.39 is 17.1 Å². The van der Waals surface area contributed by atoms with Crippen LogP contribution < -0.4 is 15.5 Å². The molecule has 180 valence electrons. The Labute approximate surface area is 192 Å². The molecule has 0 bridgehead atoms. The van der Waals surface area contributed by atoms with E-state index in [4.69, 9.17) is 13.9 Å². The lowest BCUT2D eigenvalue weighted by Crippen LogP contribution is -2.55. The number of morpholine rings is 1.